The molecule has 218 valence electrons. The Morgan fingerprint density at radius 1 is 0.902 bits per heavy atom. The number of anilines is 2. The van der Waals surface area contributed by atoms with Crippen molar-refractivity contribution < 1.29 is 14.3 Å². The average molecular weight is 563 g/mol. The van der Waals surface area contributed by atoms with E-state index in [2.05, 4.69) is 27.5 Å². The molecule has 0 saturated carbocycles. The van der Waals surface area contributed by atoms with Crippen molar-refractivity contribution in [1.82, 2.24) is 39.8 Å². The zero-order valence-electron chi connectivity index (χ0n) is 23.8. The molecule has 4 amide bonds. The highest BCUT2D eigenvalue weighted by molar-refractivity contribution is 5.90. The molecule has 3 aliphatic heterocycles. The lowest BCUT2D eigenvalue weighted by Gasteiger charge is -2.39. The molecule has 2 aromatic heterocycles. The Morgan fingerprint density at radius 3 is 2.27 bits per heavy atom. The van der Waals surface area contributed by atoms with Gasteiger partial charge in [0, 0.05) is 70.7 Å². The summed E-state index contributed by atoms with van der Waals surface area (Å²) < 4.78 is 7.63. The second-order valence-corrected chi connectivity index (χ2v) is 10.9. The van der Waals surface area contributed by atoms with Crippen LogP contribution in [0.25, 0.3) is 22.4 Å². The maximum atomic E-state index is 13.1. The predicted octanol–water partition coefficient (Wildman–Crippen LogP) is 2.09. The van der Waals surface area contributed by atoms with E-state index in [1.54, 1.807) is 7.05 Å². The Labute approximate surface area is 239 Å². The number of fused-ring (bicyclic) bond motifs is 1. The quantitative estimate of drug-likeness (QED) is 0.496. The number of ether oxygens (including phenoxy) is 1. The van der Waals surface area contributed by atoms with Crippen LogP contribution in [0.3, 0.4) is 0 Å². The number of morpholine rings is 1. The molecule has 5 heterocycles. The summed E-state index contributed by atoms with van der Waals surface area (Å²) in [7, 11) is 3.68. The number of hydrogen-bond donors (Lipinski definition) is 2. The molecular weight excluding hydrogens is 524 g/mol. The second-order valence-electron chi connectivity index (χ2n) is 10.9. The van der Waals surface area contributed by atoms with E-state index >= 15 is 0 Å². The minimum Gasteiger partial charge on any atom is -0.378 e. The number of piperidine rings is 1. The van der Waals surface area contributed by atoms with Crippen molar-refractivity contribution in [1.29, 1.82) is 0 Å². The third-order valence-electron chi connectivity index (χ3n) is 8.23. The predicted molar refractivity (Wildman–Crippen MR) is 156 cm³/mol. The van der Waals surface area contributed by atoms with E-state index in [0.29, 0.717) is 37.8 Å². The van der Waals surface area contributed by atoms with Crippen molar-refractivity contribution in [2.24, 2.45) is 0 Å². The largest absolute Gasteiger partial charge is 0.378 e. The van der Waals surface area contributed by atoms with Crippen LogP contribution in [-0.4, -0.2) is 126 Å². The van der Waals surface area contributed by atoms with E-state index in [1.807, 2.05) is 44.9 Å². The molecule has 13 heteroatoms. The fourth-order valence-electron chi connectivity index (χ4n) is 5.72. The summed E-state index contributed by atoms with van der Waals surface area (Å²) in [4.78, 5) is 43.3. The first-order chi connectivity index (χ1) is 20.0. The third-order valence-corrected chi connectivity index (χ3v) is 8.23. The number of likely N-dealkylation sites (tertiary alicyclic amines) is 1. The van der Waals surface area contributed by atoms with Gasteiger partial charge in [0.2, 0.25) is 0 Å². The van der Waals surface area contributed by atoms with Crippen LogP contribution >= 0.6 is 0 Å². The lowest BCUT2D eigenvalue weighted by Crippen LogP contribution is -2.53. The smallest absolute Gasteiger partial charge is 0.320 e. The molecule has 0 bridgehead atoms. The number of nitrogens with one attached hydrogen (secondary N) is 2. The van der Waals surface area contributed by atoms with Crippen molar-refractivity contribution in [2.75, 3.05) is 89.9 Å². The van der Waals surface area contributed by atoms with Gasteiger partial charge in [-0.05, 0) is 44.2 Å². The zero-order chi connectivity index (χ0) is 28.3. The number of carbonyl (C=O) groups is 2. The Morgan fingerprint density at radius 2 is 1.59 bits per heavy atom. The number of benzene rings is 1. The van der Waals surface area contributed by atoms with Gasteiger partial charge in [0.1, 0.15) is 5.82 Å². The second kappa shape index (κ2) is 11.9. The molecule has 1 aromatic carbocycles. The first kappa shape index (κ1) is 27.2. The van der Waals surface area contributed by atoms with E-state index in [9.17, 15) is 9.59 Å². The van der Waals surface area contributed by atoms with Crippen molar-refractivity contribution in [3.05, 3.63) is 30.5 Å². The summed E-state index contributed by atoms with van der Waals surface area (Å²) >= 11 is 0. The van der Waals surface area contributed by atoms with Gasteiger partial charge in [0.05, 0.1) is 30.8 Å². The molecule has 3 aliphatic rings. The molecule has 0 spiro atoms. The lowest BCUT2D eigenvalue weighted by molar-refractivity contribution is 0.108. The van der Waals surface area contributed by atoms with Gasteiger partial charge in [-0.25, -0.2) is 24.2 Å². The van der Waals surface area contributed by atoms with Gasteiger partial charge in [-0.3, -0.25) is 0 Å². The average Bonchev–Trinajstić information content (AvgIpc) is 3.45. The molecule has 6 rings (SSSR count). The number of piperazine rings is 1. The van der Waals surface area contributed by atoms with E-state index in [-0.39, 0.29) is 18.1 Å². The number of urea groups is 2. The molecule has 2 N–H and O–H groups in total. The van der Waals surface area contributed by atoms with E-state index in [1.165, 1.54) is 0 Å². The number of amides is 4. The van der Waals surface area contributed by atoms with Crippen LogP contribution in [0.2, 0.25) is 0 Å². The van der Waals surface area contributed by atoms with Crippen LogP contribution in [0.1, 0.15) is 18.9 Å². The van der Waals surface area contributed by atoms with Gasteiger partial charge in [-0.2, -0.15) is 5.10 Å². The van der Waals surface area contributed by atoms with Gasteiger partial charge in [0.25, 0.3) is 0 Å². The molecule has 3 saturated heterocycles. The number of rotatable bonds is 4. The number of aromatic nitrogens is 4. The summed E-state index contributed by atoms with van der Waals surface area (Å²) in [6, 6.07) is 7.54. The summed E-state index contributed by atoms with van der Waals surface area (Å²) in [6.07, 6.45) is 3.52. The van der Waals surface area contributed by atoms with Crippen molar-refractivity contribution in [3.8, 4) is 11.4 Å². The minimum absolute atomic E-state index is 0.142. The Balaban J connectivity index is 1.26. The minimum atomic E-state index is -0.273. The molecule has 41 heavy (non-hydrogen) atoms. The molecule has 0 radical (unpaired) electrons. The Kier molecular flexibility index (Phi) is 7.88. The number of hydrogen-bond acceptors (Lipinski definition) is 8. The number of nitrogens with zero attached hydrogens (tertiary/aromatic N) is 8. The molecule has 13 nitrogen and oxygen atoms in total. The van der Waals surface area contributed by atoms with E-state index in [4.69, 9.17) is 19.8 Å². The van der Waals surface area contributed by atoms with Gasteiger partial charge in [0.15, 0.2) is 11.5 Å². The van der Waals surface area contributed by atoms with Crippen LogP contribution in [0.4, 0.5) is 21.1 Å². The highest BCUT2D eigenvalue weighted by Gasteiger charge is 2.30. The summed E-state index contributed by atoms with van der Waals surface area (Å²) in [5.41, 5.74) is 2.34. The molecule has 0 atom stereocenters. The first-order valence-corrected chi connectivity index (χ1v) is 14.4. The fourth-order valence-corrected chi connectivity index (χ4v) is 5.72. The fraction of sp³-hybridized carbons (Fsp3) is 0.536. The van der Waals surface area contributed by atoms with Crippen LogP contribution in [0, 0.1) is 0 Å². The van der Waals surface area contributed by atoms with Gasteiger partial charge >= 0.3 is 12.1 Å². The molecule has 3 fully saturated rings. The third kappa shape index (κ3) is 5.77. The maximum absolute atomic E-state index is 13.1. The van der Waals surface area contributed by atoms with Crippen LogP contribution in [-0.2, 0) is 4.74 Å². The zero-order valence-corrected chi connectivity index (χ0v) is 23.8. The molecule has 0 unspecified atom stereocenters. The summed E-state index contributed by atoms with van der Waals surface area (Å²) in [6.45, 7) is 7.60. The van der Waals surface area contributed by atoms with Gasteiger partial charge in [-0.1, -0.05) is 0 Å². The normalized spacial score (nSPS) is 19.0. The highest BCUT2D eigenvalue weighted by atomic mass is 16.5. The molecule has 0 aliphatic carbocycles. The van der Waals surface area contributed by atoms with Crippen molar-refractivity contribution >= 4 is 34.6 Å². The molecule has 3 aromatic rings. The van der Waals surface area contributed by atoms with E-state index < -0.39 is 0 Å². The SMILES string of the molecule is CNC(=O)Nc1ccc(-c2nc(N3CCOCC3)c3cnn(C4CCN(C(=O)N5CCN(C)CC5)CC4)c3n2)cc1. The number of carbonyl (C=O) groups excluding carboxylic acids is 2. The van der Waals surface area contributed by atoms with Crippen molar-refractivity contribution in [3.63, 3.8) is 0 Å². The lowest BCUT2D eigenvalue weighted by atomic mass is 10.1. The van der Waals surface area contributed by atoms with Gasteiger partial charge in [-0.15, -0.1) is 0 Å². The summed E-state index contributed by atoms with van der Waals surface area (Å²) in [5.74, 6) is 1.46. The van der Waals surface area contributed by atoms with Gasteiger partial charge < -0.3 is 35.0 Å². The maximum Gasteiger partial charge on any atom is 0.320 e. The Bertz CT molecular complexity index is 1370. The van der Waals surface area contributed by atoms with Crippen molar-refractivity contribution in [2.45, 2.75) is 18.9 Å². The first-order valence-electron chi connectivity index (χ1n) is 14.4. The standard InChI is InChI=1S/C28H38N10O3/c1-29-27(39)31-21-5-3-20(4-6-21)24-32-25(35-15-17-41-18-16-35)23-19-30-38(26(23)33-24)22-7-9-36(10-8-22)28(40)37-13-11-34(2)12-14-37/h3-6,19,22H,7-18H2,1-2H3,(H2,29,31,39). The van der Waals surface area contributed by atoms with E-state index in [0.717, 1.165) is 74.5 Å². The van der Waals surface area contributed by atoms with Crippen LogP contribution in [0.5, 0.6) is 0 Å². The van der Waals surface area contributed by atoms with Crippen LogP contribution in [0.15, 0.2) is 30.5 Å². The summed E-state index contributed by atoms with van der Waals surface area (Å²) in [5, 5.41) is 11.1. The number of likely N-dealkylation sites (N-methyl/N-ethyl adjacent to an activating group) is 1. The Hall–Kier alpha value is -3.97. The molecular formula is C28H38N10O3. The topological polar surface area (TPSA) is 124 Å². The van der Waals surface area contributed by atoms with Crippen LogP contribution < -0.4 is 15.5 Å². The monoisotopic (exact) mass is 562 g/mol. The highest BCUT2D eigenvalue weighted by Crippen LogP contribution is 2.32.